The number of nitrogens with zero attached hydrogens (tertiary/aromatic N) is 4. The average Bonchev–Trinajstić information content (AvgIpc) is 2.95. The lowest BCUT2D eigenvalue weighted by atomic mass is 9.92. The number of aryl methyl sites for hydroxylation is 1. The van der Waals surface area contributed by atoms with Gasteiger partial charge in [0.25, 0.3) is 5.91 Å². The van der Waals surface area contributed by atoms with E-state index in [0.717, 1.165) is 12.8 Å². The van der Waals surface area contributed by atoms with E-state index in [2.05, 4.69) is 6.07 Å². The molecule has 0 aliphatic carbocycles. The van der Waals surface area contributed by atoms with Crippen molar-refractivity contribution in [1.29, 1.82) is 5.26 Å². The van der Waals surface area contributed by atoms with E-state index in [9.17, 15) is 9.59 Å². The molecule has 2 rings (SSSR count). The lowest BCUT2D eigenvalue weighted by Crippen LogP contribution is -2.41. The van der Waals surface area contributed by atoms with Crippen molar-refractivity contribution in [1.82, 2.24) is 14.4 Å². The lowest BCUT2D eigenvalue weighted by Gasteiger charge is -2.33. The first-order valence-corrected chi connectivity index (χ1v) is 8.44. The summed E-state index contributed by atoms with van der Waals surface area (Å²) in [5.74, 6) is 0.477. The molecule has 2 heterocycles. The number of rotatable bonds is 4. The molecule has 2 amide bonds. The van der Waals surface area contributed by atoms with Gasteiger partial charge in [0.2, 0.25) is 5.91 Å². The molecule has 0 radical (unpaired) electrons. The van der Waals surface area contributed by atoms with Crippen LogP contribution in [0.4, 0.5) is 0 Å². The Kier molecular flexibility index (Phi) is 5.66. The number of likely N-dealkylation sites (tertiary alicyclic amines) is 1. The molecule has 1 aliphatic rings. The molecule has 1 aromatic rings. The summed E-state index contributed by atoms with van der Waals surface area (Å²) >= 11 is 0. The number of hydrogen-bond donors (Lipinski definition) is 0. The predicted octanol–water partition coefficient (Wildman–Crippen LogP) is 2.01. The van der Waals surface area contributed by atoms with Gasteiger partial charge in [-0.15, -0.1) is 0 Å². The molecule has 130 valence electrons. The average molecular weight is 330 g/mol. The summed E-state index contributed by atoms with van der Waals surface area (Å²) in [5, 5.41) is 8.95. The second-order valence-electron chi connectivity index (χ2n) is 6.87. The first-order valence-electron chi connectivity index (χ1n) is 8.44. The maximum atomic E-state index is 12.6. The van der Waals surface area contributed by atoms with Gasteiger partial charge < -0.3 is 14.4 Å². The van der Waals surface area contributed by atoms with E-state index in [1.165, 1.54) is 0 Å². The van der Waals surface area contributed by atoms with Crippen LogP contribution in [0.2, 0.25) is 0 Å². The molecule has 0 bridgehead atoms. The Balaban J connectivity index is 1.90. The molecule has 0 N–H and O–H groups in total. The number of aromatic nitrogens is 1. The number of carbonyl (C=O) groups excluding carboxylic acids is 2. The van der Waals surface area contributed by atoms with Crippen molar-refractivity contribution in [2.24, 2.45) is 13.0 Å². The summed E-state index contributed by atoms with van der Waals surface area (Å²) in [7, 11) is 3.62. The SMILES string of the molecule is CC(C)N(C)C(=O)CC1CCN(C(=O)c2cc(C#N)cn2C)CC1. The molecule has 1 saturated heterocycles. The second-order valence-corrected chi connectivity index (χ2v) is 6.87. The van der Waals surface area contributed by atoms with Crippen molar-refractivity contribution >= 4 is 11.8 Å². The van der Waals surface area contributed by atoms with Gasteiger partial charge in [0.05, 0.1) is 5.56 Å². The van der Waals surface area contributed by atoms with Crippen LogP contribution in [0, 0.1) is 17.2 Å². The molecule has 1 aliphatic heterocycles. The maximum Gasteiger partial charge on any atom is 0.270 e. The molecule has 6 heteroatoms. The van der Waals surface area contributed by atoms with Crippen molar-refractivity contribution in [2.75, 3.05) is 20.1 Å². The van der Waals surface area contributed by atoms with Gasteiger partial charge in [-0.1, -0.05) is 0 Å². The van der Waals surface area contributed by atoms with Crippen LogP contribution in [-0.4, -0.2) is 52.4 Å². The fourth-order valence-electron chi connectivity index (χ4n) is 3.02. The Labute approximate surface area is 143 Å². The molecular formula is C18H26N4O2. The van der Waals surface area contributed by atoms with Crippen LogP contribution in [0.15, 0.2) is 12.3 Å². The molecule has 24 heavy (non-hydrogen) atoms. The Bertz CT molecular complexity index is 648. The van der Waals surface area contributed by atoms with Crippen molar-refractivity contribution < 1.29 is 9.59 Å². The van der Waals surface area contributed by atoms with E-state index in [4.69, 9.17) is 5.26 Å². The summed E-state index contributed by atoms with van der Waals surface area (Å²) < 4.78 is 1.70. The van der Waals surface area contributed by atoms with Crippen molar-refractivity contribution in [3.8, 4) is 6.07 Å². The molecule has 0 spiro atoms. The van der Waals surface area contributed by atoms with Crippen LogP contribution in [-0.2, 0) is 11.8 Å². The molecule has 1 fully saturated rings. The zero-order valence-corrected chi connectivity index (χ0v) is 15.0. The summed E-state index contributed by atoms with van der Waals surface area (Å²) in [6.45, 7) is 5.34. The van der Waals surface area contributed by atoms with Gasteiger partial charge in [-0.05, 0) is 38.7 Å². The van der Waals surface area contributed by atoms with Gasteiger partial charge >= 0.3 is 0 Å². The van der Waals surface area contributed by atoms with E-state index in [-0.39, 0.29) is 17.9 Å². The topological polar surface area (TPSA) is 69.3 Å². The third kappa shape index (κ3) is 3.97. The fraction of sp³-hybridized carbons (Fsp3) is 0.611. The van der Waals surface area contributed by atoms with E-state index in [1.54, 1.807) is 28.8 Å². The molecule has 1 aromatic heterocycles. The highest BCUT2D eigenvalue weighted by Gasteiger charge is 2.27. The lowest BCUT2D eigenvalue weighted by molar-refractivity contribution is -0.132. The van der Waals surface area contributed by atoms with Crippen molar-refractivity contribution in [3.05, 3.63) is 23.5 Å². The van der Waals surface area contributed by atoms with Crippen LogP contribution >= 0.6 is 0 Å². The highest BCUT2D eigenvalue weighted by atomic mass is 16.2. The molecule has 0 aromatic carbocycles. The Hall–Kier alpha value is -2.29. The monoisotopic (exact) mass is 330 g/mol. The smallest absolute Gasteiger partial charge is 0.270 e. The molecule has 0 unspecified atom stereocenters. The number of hydrogen-bond acceptors (Lipinski definition) is 3. The Morgan fingerprint density at radius 1 is 1.38 bits per heavy atom. The van der Waals surface area contributed by atoms with E-state index < -0.39 is 0 Å². The highest BCUT2D eigenvalue weighted by molar-refractivity contribution is 5.93. The largest absolute Gasteiger partial charge is 0.345 e. The standard InChI is InChI=1S/C18H26N4O2/c1-13(2)21(4)17(23)10-14-5-7-22(8-6-14)18(24)16-9-15(11-19)12-20(16)3/h9,12-14H,5-8,10H2,1-4H3. The van der Waals surface area contributed by atoms with Crippen molar-refractivity contribution in [2.45, 2.75) is 39.2 Å². The van der Waals surface area contributed by atoms with Gasteiger partial charge in [0, 0.05) is 45.8 Å². The quantitative estimate of drug-likeness (QED) is 0.848. The maximum absolute atomic E-state index is 12.6. The van der Waals surface area contributed by atoms with Crippen LogP contribution in [0.5, 0.6) is 0 Å². The summed E-state index contributed by atoms with van der Waals surface area (Å²) in [5.41, 5.74) is 1.04. The third-order valence-electron chi connectivity index (χ3n) is 4.89. The Morgan fingerprint density at radius 2 is 2.00 bits per heavy atom. The molecular weight excluding hydrogens is 304 g/mol. The van der Waals surface area contributed by atoms with Crippen LogP contribution in [0.1, 0.15) is 49.2 Å². The minimum absolute atomic E-state index is 0.0388. The molecule has 0 atom stereocenters. The highest BCUT2D eigenvalue weighted by Crippen LogP contribution is 2.23. The van der Waals surface area contributed by atoms with E-state index in [0.29, 0.717) is 36.7 Å². The van der Waals surface area contributed by atoms with Gasteiger partial charge in [0.1, 0.15) is 11.8 Å². The predicted molar refractivity (Wildman–Crippen MR) is 91.3 cm³/mol. The van der Waals surface area contributed by atoms with Crippen LogP contribution in [0.3, 0.4) is 0 Å². The fourth-order valence-corrected chi connectivity index (χ4v) is 3.02. The summed E-state index contributed by atoms with van der Waals surface area (Å²) in [6, 6.07) is 3.91. The van der Waals surface area contributed by atoms with Gasteiger partial charge in [-0.2, -0.15) is 5.26 Å². The van der Waals surface area contributed by atoms with Gasteiger partial charge in [0.15, 0.2) is 0 Å². The minimum atomic E-state index is -0.0388. The van der Waals surface area contributed by atoms with Gasteiger partial charge in [-0.3, -0.25) is 9.59 Å². The minimum Gasteiger partial charge on any atom is -0.345 e. The van der Waals surface area contributed by atoms with Gasteiger partial charge in [-0.25, -0.2) is 0 Å². The second kappa shape index (κ2) is 7.52. The third-order valence-corrected chi connectivity index (χ3v) is 4.89. The number of piperidine rings is 1. The van der Waals surface area contributed by atoms with E-state index >= 15 is 0 Å². The van der Waals surface area contributed by atoms with Crippen molar-refractivity contribution in [3.63, 3.8) is 0 Å². The zero-order chi connectivity index (χ0) is 17.9. The number of nitriles is 1. The molecule has 6 nitrogen and oxygen atoms in total. The summed E-state index contributed by atoms with van der Waals surface area (Å²) in [4.78, 5) is 28.4. The number of carbonyl (C=O) groups is 2. The Morgan fingerprint density at radius 3 is 2.50 bits per heavy atom. The first-order chi connectivity index (χ1) is 11.3. The zero-order valence-electron chi connectivity index (χ0n) is 15.0. The molecule has 0 saturated carbocycles. The first kappa shape index (κ1) is 18.1. The summed E-state index contributed by atoms with van der Waals surface area (Å²) in [6.07, 6.45) is 3.91. The van der Waals surface area contributed by atoms with Crippen LogP contribution < -0.4 is 0 Å². The number of amides is 2. The van der Waals surface area contributed by atoms with E-state index in [1.807, 2.05) is 25.8 Å². The normalized spacial score (nSPS) is 15.4. The van der Waals surface area contributed by atoms with Crippen LogP contribution in [0.25, 0.3) is 0 Å².